The van der Waals surface area contributed by atoms with Crippen LogP contribution < -0.4 is 14.4 Å². The summed E-state index contributed by atoms with van der Waals surface area (Å²) in [6.07, 6.45) is 0. The molecule has 1 atom stereocenters. The minimum Gasteiger partial charge on any atom is -0.494 e. The maximum Gasteiger partial charge on any atom is 0.264 e. The maximum absolute atomic E-state index is 13.9. The highest BCUT2D eigenvalue weighted by Crippen LogP contribution is 2.26. The highest BCUT2D eigenvalue weighted by molar-refractivity contribution is 7.92. The van der Waals surface area contributed by atoms with E-state index in [4.69, 9.17) is 4.74 Å². The van der Waals surface area contributed by atoms with Crippen LogP contribution in [0, 0.1) is 13.8 Å². The van der Waals surface area contributed by atoms with E-state index in [1.807, 2.05) is 45.0 Å². The number of likely N-dealkylation sites (N-methyl/N-ethyl adjacent to an activating group) is 1. The summed E-state index contributed by atoms with van der Waals surface area (Å²) in [5, 5.41) is 2.76. The van der Waals surface area contributed by atoms with E-state index in [0.29, 0.717) is 24.6 Å². The molecule has 0 unspecified atom stereocenters. The first kappa shape index (κ1) is 29.7. The molecule has 3 aromatic rings. The number of benzene rings is 3. The highest BCUT2D eigenvalue weighted by Gasteiger charge is 2.32. The molecule has 2 amide bonds. The van der Waals surface area contributed by atoms with Crippen molar-refractivity contribution in [2.45, 2.75) is 52.1 Å². The molecule has 0 radical (unpaired) electrons. The molecular weight excluding hydrogens is 514 g/mol. The van der Waals surface area contributed by atoms with Gasteiger partial charge in [-0.3, -0.25) is 13.9 Å². The van der Waals surface area contributed by atoms with Crippen molar-refractivity contribution in [1.82, 2.24) is 10.2 Å². The fraction of sp³-hybridized carbons (Fsp3) is 0.333. The summed E-state index contributed by atoms with van der Waals surface area (Å²) in [5.74, 6) is -0.255. The topological polar surface area (TPSA) is 96.0 Å². The number of hydrogen-bond donors (Lipinski definition) is 1. The predicted molar refractivity (Wildman–Crippen MR) is 153 cm³/mol. The first-order valence-corrected chi connectivity index (χ1v) is 14.5. The fourth-order valence-corrected chi connectivity index (χ4v) is 5.57. The summed E-state index contributed by atoms with van der Waals surface area (Å²) in [5.41, 5.74) is 3.17. The standard InChI is InChI=1S/C30H37N3O5S/c1-6-31-30(35)24(5)32(20-25-10-8-9-23(4)19-25)29(34)21-33(26-13-11-22(3)12-14-26)39(36,37)28-17-15-27(16-18-28)38-7-2/h8-19,24H,6-7,20-21H2,1-5H3,(H,31,35)/t24-/m0/s1. The fourth-order valence-electron chi connectivity index (χ4n) is 4.15. The molecular formula is C30H37N3O5S. The number of sulfonamides is 1. The smallest absolute Gasteiger partial charge is 0.264 e. The molecule has 3 aromatic carbocycles. The van der Waals surface area contributed by atoms with Gasteiger partial charge in [-0.15, -0.1) is 0 Å². The lowest BCUT2D eigenvalue weighted by Crippen LogP contribution is -2.51. The normalized spacial score (nSPS) is 11.9. The second-order valence-corrected chi connectivity index (χ2v) is 11.2. The van der Waals surface area contributed by atoms with Crippen molar-refractivity contribution in [1.29, 1.82) is 0 Å². The third-order valence-corrected chi connectivity index (χ3v) is 8.07. The average Bonchev–Trinajstić information content (AvgIpc) is 2.91. The van der Waals surface area contributed by atoms with Crippen LogP contribution in [0.4, 0.5) is 5.69 Å². The average molecular weight is 552 g/mol. The second-order valence-electron chi connectivity index (χ2n) is 9.33. The predicted octanol–water partition coefficient (Wildman–Crippen LogP) is 4.45. The summed E-state index contributed by atoms with van der Waals surface area (Å²) in [6.45, 7) is 9.70. The van der Waals surface area contributed by atoms with E-state index < -0.39 is 28.5 Å². The second kappa shape index (κ2) is 13.3. The lowest BCUT2D eigenvalue weighted by atomic mass is 10.1. The molecule has 0 aliphatic heterocycles. The lowest BCUT2D eigenvalue weighted by Gasteiger charge is -2.32. The SMILES string of the molecule is CCNC(=O)[C@H](C)N(Cc1cccc(C)c1)C(=O)CN(c1ccc(C)cc1)S(=O)(=O)c1ccc(OCC)cc1. The molecule has 1 N–H and O–H groups in total. The van der Waals surface area contributed by atoms with E-state index >= 15 is 0 Å². The highest BCUT2D eigenvalue weighted by atomic mass is 32.2. The Hall–Kier alpha value is -3.85. The molecule has 8 nitrogen and oxygen atoms in total. The molecule has 0 bridgehead atoms. The quantitative estimate of drug-likeness (QED) is 0.359. The van der Waals surface area contributed by atoms with E-state index in [2.05, 4.69) is 5.32 Å². The van der Waals surface area contributed by atoms with Gasteiger partial charge in [-0.05, 0) is 76.6 Å². The summed E-state index contributed by atoms with van der Waals surface area (Å²) in [4.78, 5) is 28.1. The monoisotopic (exact) mass is 551 g/mol. The minimum atomic E-state index is -4.13. The van der Waals surface area contributed by atoms with Gasteiger partial charge in [0.1, 0.15) is 18.3 Å². The third-order valence-electron chi connectivity index (χ3n) is 6.28. The first-order valence-electron chi connectivity index (χ1n) is 13.0. The van der Waals surface area contributed by atoms with E-state index in [-0.39, 0.29) is 17.3 Å². The van der Waals surface area contributed by atoms with Crippen molar-refractivity contribution in [2.24, 2.45) is 0 Å². The zero-order valence-corrected chi connectivity index (χ0v) is 24.0. The van der Waals surface area contributed by atoms with Crippen LogP contribution in [-0.2, 0) is 26.2 Å². The number of nitrogens with zero attached hydrogens (tertiary/aromatic N) is 2. The molecule has 3 rings (SSSR count). The van der Waals surface area contributed by atoms with Gasteiger partial charge in [0.25, 0.3) is 10.0 Å². The van der Waals surface area contributed by atoms with Crippen molar-refractivity contribution < 1.29 is 22.7 Å². The zero-order valence-electron chi connectivity index (χ0n) is 23.2. The van der Waals surface area contributed by atoms with E-state index in [1.165, 1.54) is 17.0 Å². The molecule has 0 spiro atoms. The Kier molecular flexibility index (Phi) is 10.1. The Morgan fingerprint density at radius 2 is 1.59 bits per heavy atom. The van der Waals surface area contributed by atoms with E-state index in [1.54, 1.807) is 50.2 Å². The summed E-state index contributed by atoms with van der Waals surface area (Å²) >= 11 is 0. The van der Waals surface area contributed by atoms with E-state index in [9.17, 15) is 18.0 Å². The molecule has 0 aliphatic carbocycles. The van der Waals surface area contributed by atoms with Crippen LogP contribution in [0.1, 0.15) is 37.5 Å². The summed E-state index contributed by atoms with van der Waals surface area (Å²) in [7, 11) is -4.13. The number of nitrogens with one attached hydrogen (secondary N) is 1. The molecule has 9 heteroatoms. The molecule has 208 valence electrons. The number of anilines is 1. The van der Waals surface area contributed by atoms with Gasteiger partial charge in [0.15, 0.2) is 0 Å². The lowest BCUT2D eigenvalue weighted by molar-refractivity contribution is -0.139. The number of rotatable bonds is 12. The Morgan fingerprint density at radius 1 is 0.923 bits per heavy atom. The van der Waals surface area contributed by atoms with Crippen LogP contribution in [-0.4, -0.2) is 50.9 Å². The largest absolute Gasteiger partial charge is 0.494 e. The maximum atomic E-state index is 13.9. The minimum absolute atomic E-state index is 0.0290. The molecule has 0 heterocycles. The number of carbonyl (C=O) groups is 2. The van der Waals surface area contributed by atoms with Crippen molar-refractivity contribution in [3.63, 3.8) is 0 Å². The molecule has 39 heavy (non-hydrogen) atoms. The Labute approximate surface area is 231 Å². The van der Waals surface area contributed by atoms with Crippen LogP contribution in [0.2, 0.25) is 0 Å². The number of hydrogen-bond acceptors (Lipinski definition) is 5. The zero-order chi connectivity index (χ0) is 28.6. The van der Waals surface area contributed by atoms with Crippen LogP contribution >= 0.6 is 0 Å². The number of ether oxygens (including phenoxy) is 1. The molecule has 0 fully saturated rings. The molecule has 0 saturated heterocycles. The summed E-state index contributed by atoms with van der Waals surface area (Å²) in [6, 6.07) is 19.9. The van der Waals surface area contributed by atoms with Crippen molar-refractivity contribution in [3.8, 4) is 5.75 Å². The van der Waals surface area contributed by atoms with Gasteiger partial charge >= 0.3 is 0 Å². The van der Waals surface area contributed by atoms with Crippen LogP contribution in [0.5, 0.6) is 5.75 Å². The van der Waals surface area contributed by atoms with Gasteiger partial charge in [0, 0.05) is 13.1 Å². The van der Waals surface area contributed by atoms with Crippen molar-refractivity contribution >= 4 is 27.5 Å². The summed E-state index contributed by atoms with van der Waals surface area (Å²) < 4.78 is 34.3. The first-order chi connectivity index (χ1) is 18.6. The Bertz CT molecular complexity index is 1370. The Balaban J connectivity index is 2.01. The number of aryl methyl sites for hydroxylation is 2. The third kappa shape index (κ3) is 7.60. The van der Waals surface area contributed by atoms with Gasteiger partial charge < -0.3 is 15.0 Å². The van der Waals surface area contributed by atoms with Gasteiger partial charge in [0.2, 0.25) is 11.8 Å². The molecule has 0 aromatic heterocycles. The van der Waals surface area contributed by atoms with Gasteiger partial charge in [-0.25, -0.2) is 8.42 Å². The van der Waals surface area contributed by atoms with Crippen molar-refractivity contribution in [3.05, 3.63) is 89.5 Å². The molecule has 0 aliphatic rings. The van der Waals surface area contributed by atoms with Gasteiger partial charge in [-0.1, -0.05) is 47.5 Å². The van der Waals surface area contributed by atoms with Crippen LogP contribution in [0.3, 0.4) is 0 Å². The molecule has 0 saturated carbocycles. The van der Waals surface area contributed by atoms with Gasteiger partial charge in [-0.2, -0.15) is 0 Å². The van der Waals surface area contributed by atoms with Crippen LogP contribution in [0.25, 0.3) is 0 Å². The number of carbonyl (C=O) groups excluding carboxylic acids is 2. The van der Waals surface area contributed by atoms with Crippen molar-refractivity contribution in [2.75, 3.05) is 24.0 Å². The van der Waals surface area contributed by atoms with Gasteiger partial charge in [0.05, 0.1) is 17.2 Å². The van der Waals surface area contributed by atoms with E-state index in [0.717, 1.165) is 21.0 Å². The number of amides is 2. The van der Waals surface area contributed by atoms with Crippen LogP contribution in [0.15, 0.2) is 77.7 Å². The Morgan fingerprint density at radius 3 is 2.18 bits per heavy atom.